The lowest BCUT2D eigenvalue weighted by Crippen LogP contribution is -2.14. The molecule has 212 valence electrons. The van der Waals surface area contributed by atoms with Gasteiger partial charge in [-0.3, -0.25) is 9.59 Å². The van der Waals surface area contributed by atoms with Crippen molar-refractivity contribution in [2.24, 2.45) is 5.92 Å². The number of hydrogen-bond acceptors (Lipinski definition) is 5. The van der Waals surface area contributed by atoms with Crippen LogP contribution < -0.4 is 15.4 Å². The average Bonchev–Trinajstić information content (AvgIpc) is 3.72. The van der Waals surface area contributed by atoms with Crippen molar-refractivity contribution >= 4 is 34.1 Å². The second-order valence-electron chi connectivity index (χ2n) is 10.1. The normalized spacial score (nSPS) is 13.1. The van der Waals surface area contributed by atoms with Crippen LogP contribution in [0.25, 0.3) is 22.0 Å². The Labute approximate surface area is 238 Å². The molecule has 0 atom stereocenters. The highest BCUT2D eigenvalue weighted by Crippen LogP contribution is 2.35. The van der Waals surface area contributed by atoms with Crippen LogP contribution in [0.1, 0.15) is 34.6 Å². The first-order chi connectivity index (χ1) is 20.1. The summed E-state index contributed by atoms with van der Waals surface area (Å²) in [7, 11) is 0. The first-order valence-electron chi connectivity index (χ1n) is 13.2. The minimum atomic E-state index is -4.61. The summed E-state index contributed by atoms with van der Waals surface area (Å²) < 4.78 is 47.0. The smallest absolute Gasteiger partial charge is 0.416 e. The molecule has 1 fully saturated rings. The number of aromatic amines is 1. The van der Waals surface area contributed by atoms with Crippen molar-refractivity contribution in [3.05, 3.63) is 96.1 Å². The Hall–Kier alpha value is -5.19. The second-order valence-corrected chi connectivity index (χ2v) is 10.1. The van der Waals surface area contributed by atoms with E-state index in [1.807, 2.05) is 0 Å². The molecule has 42 heavy (non-hydrogen) atoms. The molecule has 0 unspecified atom stereocenters. The van der Waals surface area contributed by atoms with Gasteiger partial charge in [-0.1, -0.05) is 12.1 Å². The second kappa shape index (κ2) is 10.7. The third-order valence-corrected chi connectivity index (χ3v) is 6.80. The summed E-state index contributed by atoms with van der Waals surface area (Å²) >= 11 is 0. The minimum Gasteiger partial charge on any atom is -0.457 e. The number of halogens is 3. The number of carbonyl (C=O) groups excluding carboxylic acids is 2. The number of anilines is 2. The summed E-state index contributed by atoms with van der Waals surface area (Å²) in [5, 5.41) is 6.68. The van der Waals surface area contributed by atoms with Crippen molar-refractivity contribution in [2.45, 2.75) is 25.9 Å². The topological polar surface area (TPSA) is 109 Å². The Morgan fingerprint density at radius 1 is 0.952 bits per heavy atom. The zero-order chi connectivity index (χ0) is 29.4. The van der Waals surface area contributed by atoms with Crippen LogP contribution in [-0.2, 0) is 11.0 Å². The SMILES string of the molecule is Cc1ncc(-c2cc(NC(=O)c3cccc4cc(Oc5ccnc(NC(=O)C6CC6)c5)ccc34)cc(C(F)(F)F)c2)[nH]1. The van der Waals surface area contributed by atoms with E-state index in [0.29, 0.717) is 39.6 Å². The molecule has 5 aromatic rings. The van der Waals surface area contributed by atoms with Crippen molar-refractivity contribution in [2.75, 3.05) is 10.6 Å². The Morgan fingerprint density at radius 2 is 1.76 bits per heavy atom. The Kier molecular flexibility index (Phi) is 6.85. The maximum absolute atomic E-state index is 13.7. The van der Waals surface area contributed by atoms with Gasteiger partial charge in [0.05, 0.1) is 17.5 Å². The number of carbonyl (C=O) groups is 2. The van der Waals surface area contributed by atoms with Gasteiger partial charge >= 0.3 is 6.18 Å². The molecule has 0 spiro atoms. The van der Waals surface area contributed by atoms with Crippen LogP contribution in [-0.4, -0.2) is 26.8 Å². The van der Waals surface area contributed by atoms with Crippen molar-refractivity contribution in [1.82, 2.24) is 15.0 Å². The number of amides is 2. The van der Waals surface area contributed by atoms with Gasteiger partial charge in [-0.15, -0.1) is 0 Å². The van der Waals surface area contributed by atoms with Crippen molar-refractivity contribution in [3.63, 3.8) is 0 Å². The van der Waals surface area contributed by atoms with Gasteiger partial charge in [0.15, 0.2) is 0 Å². The van der Waals surface area contributed by atoms with E-state index in [4.69, 9.17) is 4.74 Å². The van der Waals surface area contributed by atoms with E-state index in [1.54, 1.807) is 55.5 Å². The number of alkyl halides is 3. The third-order valence-electron chi connectivity index (χ3n) is 6.80. The predicted octanol–water partition coefficient (Wildman–Crippen LogP) is 7.35. The number of fused-ring (bicyclic) bond motifs is 1. The van der Waals surface area contributed by atoms with E-state index in [1.165, 1.54) is 18.5 Å². The van der Waals surface area contributed by atoms with Crippen molar-refractivity contribution < 1.29 is 27.5 Å². The molecule has 0 bridgehead atoms. The van der Waals surface area contributed by atoms with Crippen LogP contribution in [0.4, 0.5) is 24.7 Å². The van der Waals surface area contributed by atoms with Gasteiger partial charge in [0, 0.05) is 35.0 Å². The molecule has 3 N–H and O–H groups in total. The van der Waals surface area contributed by atoms with Gasteiger partial charge in [-0.2, -0.15) is 13.2 Å². The van der Waals surface area contributed by atoms with Crippen LogP contribution in [0.2, 0.25) is 0 Å². The first kappa shape index (κ1) is 27.0. The number of nitrogens with one attached hydrogen (secondary N) is 3. The van der Waals surface area contributed by atoms with Gasteiger partial charge in [0.2, 0.25) is 5.91 Å². The van der Waals surface area contributed by atoms with E-state index in [9.17, 15) is 22.8 Å². The van der Waals surface area contributed by atoms with Crippen LogP contribution in [0.5, 0.6) is 11.5 Å². The van der Waals surface area contributed by atoms with Gasteiger partial charge in [0.1, 0.15) is 23.1 Å². The van der Waals surface area contributed by atoms with E-state index < -0.39 is 17.6 Å². The summed E-state index contributed by atoms with van der Waals surface area (Å²) in [5.74, 6) is 1.32. The highest BCUT2D eigenvalue weighted by molar-refractivity contribution is 6.13. The molecular weight excluding hydrogens is 547 g/mol. The summed E-state index contributed by atoms with van der Waals surface area (Å²) in [6.07, 6.45) is 0.126. The molecule has 6 rings (SSSR count). The van der Waals surface area contributed by atoms with Crippen LogP contribution in [0.15, 0.2) is 79.1 Å². The first-order valence-corrected chi connectivity index (χ1v) is 13.2. The average molecular weight is 572 g/mol. The monoisotopic (exact) mass is 571 g/mol. The predicted molar refractivity (Wildman–Crippen MR) is 151 cm³/mol. The molecule has 1 aliphatic carbocycles. The fraction of sp³-hybridized carbons (Fsp3) is 0.161. The molecular formula is C31H24F3N5O3. The number of aromatic nitrogens is 3. The number of pyridine rings is 1. The Morgan fingerprint density at radius 3 is 2.50 bits per heavy atom. The lowest BCUT2D eigenvalue weighted by atomic mass is 10.0. The highest BCUT2D eigenvalue weighted by atomic mass is 19.4. The van der Waals surface area contributed by atoms with E-state index in [-0.39, 0.29) is 28.6 Å². The zero-order valence-corrected chi connectivity index (χ0v) is 22.3. The molecule has 0 saturated heterocycles. The summed E-state index contributed by atoms with van der Waals surface area (Å²) in [4.78, 5) is 36.5. The third kappa shape index (κ3) is 5.95. The fourth-order valence-electron chi connectivity index (χ4n) is 4.56. The number of aryl methyl sites for hydroxylation is 1. The summed E-state index contributed by atoms with van der Waals surface area (Å²) in [5.41, 5.74) is 0.0273. The zero-order valence-electron chi connectivity index (χ0n) is 22.3. The Bertz CT molecular complexity index is 1830. The molecule has 8 nitrogen and oxygen atoms in total. The number of benzene rings is 3. The van der Waals surface area contributed by atoms with Crippen LogP contribution in [0.3, 0.4) is 0 Å². The number of rotatable bonds is 7. The largest absolute Gasteiger partial charge is 0.457 e. The quantitative estimate of drug-likeness (QED) is 0.189. The van der Waals surface area contributed by atoms with Crippen LogP contribution >= 0.6 is 0 Å². The van der Waals surface area contributed by atoms with Crippen molar-refractivity contribution in [3.8, 4) is 22.8 Å². The number of ether oxygens (including phenoxy) is 1. The van der Waals surface area contributed by atoms with E-state index in [2.05, 4.69) is 25.6 Å². The molecule has 2 amide bonds. The fourth-order valence-corrected chi connectivity index (χ4v) is 4.56. The maximum atomic E-state index is 13.7. The standard InChI is InChI=1S/C31H24F3N5O3/c1-17-36-16-27(37-17)20-11-21(31(32,33)34)14-22(12-20)38-30(41)26-4-2-3-19-13-23(7-8-25(19)26)42-24-9-10-35-28(15-24)39-29(40)18-5-6-18/h2-4,7-16,18H,5-6H2,1H3,(H,36,37)(H,38,41)(H,35,39,40). The van der Waals surface area contributed by atoms with Gasteiger partial charge < -0.3 is 20.4 Å². The van der Waals surface area contributed by atoms with Gasteiger partial charge in [-0.25, -0.2) is 9.97 Å². The molecule has 11 heteroatoms. The molecule has 1 saturated carbocycles. The number of H-pyrrole nitrogens is 1. The van der Waals surface area contributed by atoms with E-state index in [0.717, 1.165) is 25.0 Å². The Balaban J connectivity index is 1.24. The minimum absolute atomic E-state index is 0.00342. The number of hydrogen-bond donors (Lipinski definition) is 3. The lowest BCUT2D eigenvalue weighted by Gasteiger charge is -2.14. The van der Waals surface area contributed by atoms with E-state index >= 15 is 0 Å². The molecule has 2 heterocycles. The molecule has 3 aromatic carbocycles. The highest BCUT2D eigenvalue weighted by Gasteiger charge is 2.32. The number of imidazole rings is 1. The molecule has 1 aliphatic rings. The van der Waals surface area contributed by atoms with Crippen molar-refractivity contribution in [1.29, 1.82) is 0 Å². The molecule has 0 radical (unpaired) electrons. The van der Waals surface area contributed by atoms with Gasteiger partial charge in [0.25, 0.3) is 5.91 Å². The summed E-state index contributed by atoms with van der Waals surface area (Å²) in [6.45, 7) is 1.69. The van der Waals surface area contributed by atoms with Crippen LogP contribution in [0, 0.1) is 12.8 Å². The van der Waals surface area contributed by atoms with Gasteiger partial charge in [-0.05, 0) is 79.1 Å². The molecule has 0 aliphatic heterocycles. The number of nitrogens with zero attached hydrogens (tertiary/aromatic N) is 2. The lowest BCUT2D eigenvalue weighted by molar-refractivity contribution is -0.137. The summed E-state index contributed by atoms with van der Waals surface area (Å²) in [6, 6.07) is 16.9. The maximum Gasteiger partial charge on any atom is 0.416 e. The molecule has 2 aromatic heterocycles.